The van der Waals surface area contributed by atoms with Gasteiger partial charge in [0.25, 0.3) is 0 Å². The first-order valence-corrected chi connectivity index (χ1v) is 8.85. The van der Waals surface area contributed by atoms with Gasteiger partial charge < -0.3 is 9.80 Å². The summed E-state index contributed by atoms with van der Waals surface area (Å²) in [6.07, 6.45) is -1.10. The minimum absolute atomic E-state index is 0.119. The number of nitrogens with zero attached hydrogens (tertiary/aromatic N) is 2. The Balaban J connectivity index is 1.57. The van der Waals surface area contributed by atoms with Crippen molar-refractivity contribution in [2.45, 2.75) is 6.18 Å². The van der Waals surface area contributed by atoms with E-state index >= 15 is 0 Å². The topological polar surface area (TPSA) is 23.6 Å². The Morgan fingerprint density at radius 3 is 2.30 bits per heavy atom. The highest BCUT2D eigenvalue weighted by molar-refractivity contribution is 6.30. The molecule has 0 spiro atoms. The lowest BCUT2D eigenvalue weighted by Crippen LogP contribution is -2.44. The summed E-state index contributed by atoms with van der Waals surface area (Å²) in [6, 6.07) is 12.0. The predicted octanol–water partition coefficient (Wildman–Crippen LogP) is 4.88. The van der Waals surface area contributed by atoms with Crippen molar-refractivity contribution in [2.24, 2.45) is 0 Å². The molecule has 2 aromatic carbocycles. The van der Waals surface area contributed by atoms with Crippen molar-refractivity contribution in [2.75, 3.05) is 31.1 Å². The van der Waals surface area contributed by atoms with Crippen molar-refractivity contribution in [3.63, 3.8) is 0 Å². The van der Waals surface area contributed by atoms with Crippen molar-refractivity contribution in [1.82, 2.24) is 4.90 Å². The Labute approximate surface area is 160 Å². The molecule has 0 aliphatic carbocycles. The maximum absolute atomic E-state index is 12.9. The zero-order valence-electron chi connectivity index (χ0n) is 14.4. The fourth-order valence-corrected chi connectivity index (χ4v) is 3.02. The summed E-state index contributed by atoms with van der Waals surface area (Å²) in [5.74, 6) is -0.119. The molecule has 0 amide bonds. The zero-order chi connectivity index (χ0) is 19.4. The van der Waals surface area contributed by atoms with E-state index in [1.54, 1.807) is 36.5 Å². The number of anilines is 1. The molecule has 7 heteroatoms. The summed E-state index contributed by atoms with van der Waals surface area (Å²) in [4.78, 5) is 16.0. The fraction of sp³-hybridized carbons (Fsp3) is 0.250. The van der Waals surface area contributed by atoms with Crippen LogP contribution in [0.1, 0.15) is 15.9 Å². The molecule has 3 nitrogen and oxygen atoms in total. The Hall–Kier alpha value is -2.47. The van der Waals surface area contributed by atoms with Crippen molar-refractivity contribution >= 4 is 23.1 Å². The lowest BCUT2D eigenvalue weighted by molar-refractivity contribution is -0.137. The van der Waals surface area contributed by atoms with Gasteiger partial charge in [0.15, 0.2) is 5.78 Å². The molecule has 0 unspecified atom stereocenters. The van der Waals surface area contributed by atoms with E-state index in [9.17, 15) is 18.0 Å². The zero-order valence-corrected chi connectivity index (χ0v) is 15.2. The number of hydrogen-bond acceptors (Lipinski definition) is 3. The number of carbonyl (C=O) groups excluding carboxylic acids is 1. The molecule has 142 valence electrons. The van der Waals surface area contributed by atoms with Crippen LogP contribution in [0.2, 0.25) is 5.02 Å². The molecule has 0 saturated carbocycles. The summed E-state index contributed by atoms with van der Waals surface area (Å²) in [5.41, 5.74) is 0.472. The molecule has 3 rings (SSSR count). The summed E-state index contributed by atoms with van der Waals surface area (Å²) < 4.78 is 38.6. The van der Waals surface area contributed by atoms with Crippen LogP contribution in [0.3, 0.4) is 0 Å². The molecule has 0 bridgehead atoms. The van der Waals surface area contributed by atoms with E-state index in [0.717, 1.165) is 6.07 Å². The highest BCUT2D eigenvalue weighted by Gasteiger charge is 2.31. The molecule has 0 aromatic heterocycles. The second-order valence-electron chi connectivity index (χ2n) is 6.26. The number of ketones is 1. The number of rotatable bonds is 4. The van der Waals surface area contributed by atoms with Crippen LogP contribution in [0.4, 0.5) is 18.9 Å². The average Bonchev–Trinajstić information content (AvgIpc) is 2.66. The van der Waals surface area contributed by atoms with Crippen molar-refractivity contribution < 1.29 is 18.0 Å². The average molecular weight is 395 g/mol. The number of alkyl halides is 3. The summed E-state index contributed by atoms with van der Waals surface area (Å²) in [5, 5.41) is 0.571. The van der Waals surface area contributed by atoms with Gasteiger partial charge in [0.1, 0.15) is 0 Å². The van der Waals surface area contributed by atoms with Crippen LogP contribution >= 0.6 is 11.6 Å². The van der Waals surface area contributed by atoms with E-state index in [1.807, 2.05) is 9.80 Å². The van der Waals surface area contributed by atoms with E-state index < -0.39 is 11.7 Å². The molecule has 1 aliphatic heterocycles. The van der Waals surface area contributed by atoms with Crippen LogP contribution in [0, 0.1) is 0 Å². The molecular formula is C20H18ClF3N2O. The monoisotopic (exact) mass is 394 g/mol. The van der Waals surface area contributed by atoms with Gasteiger partial charge in [0.2, 0.25) is 0 Å². The van der Waals surface area contributed by atoms with Gasteiger partial charge in [-0.3, -0.25) is 4.79 Å². The molecule has 0 N–H and O–H groups in total. The van der Waals surface area contributed by atoms with Crippen molar-refractivity contribution in [3.05, 3.63) is 77.0 Å². The van der Waals surface area contributed by atoms with E-state index in [2.05, 4.69) is 0 Å². The standard InChI is InChI=1S/C20H18ClF3N2O/c21-17-6-4-15(5-7-17)19(27)8-9-25-10-12-26(13-11-25)18-3-1-2-16(14-18)20(22,23)24/h1-9,14H,10-13H2. The van der Waals surface area contributed by atoms with Gasteiger partial charge in [0.05, 0.1) is 5.56 Å². The Morgan fingerprint density at radius 2 is 1.67 bits per heavy atom. The van der Waals surface area contributed by atoms with E-state index in [4.69, 9.17) is 11.6 Å². The lowest BCUT2D eigenvalue weighted by Gasteiger charge is -2.35. The Bertz CT molecular complexity index is 826. The highest BCUT2D eigenvalue weighted by Crippen LogP contribution is 2.31. The first kappa shape index (κ1) is 19.3. The van der Waals surface area contributed by atoms with Crippen molar-refractivity contribution in [1.29, 1.82) is 0 Å². The minimum atomic E-state index is -4.34. The maximum atomic E-state index is 12.9. The molecule has 2 aromatic rings. The van der Waals surface area contributed by atoms with Gasteiger partial charge in [-0.1, -0.05) is 17.7 Å². The summed E-state index contributed by atoms with van der Waals surface area (Å²) >= 11 is 5.81. The molecular weight excluding hydrogens is 377 g/mol. The second-order valence-corrected chi connectivity index (χ2v) is 6.69. The smallest absolute Gasteiger partial charge is 0.374 e. The Morgan fingerprint density at radius 1 is 1.00 bits per heavy atom. The van der Waals surface area contributed by atoms with Gasteiger partial charge >= 0.3 is 6.18 Å². The molecule has 1 aliphatic rings. The SMILES string of the molecule is O=C(C=CN1CCN(c2cccc(C(F)(F)F)c2)CC1)c1ccc(Cl)cc1. The largest absolute Gasteiger partial charge is 0.416 e. The van der Waals surface area contributed by atoms with Gasteiger partial charge in [-0.2, -0.15) is 13.2 Å². The third-order valence-corrected chi connectivity index (χ3v) is 4.67. The van der Waals surface area contributed by atoms with Gasteiger partial charge in [-0.25, -0.2) is 0 Å². The number of hydrogen-bond donors (Lipinski definition) is 0. The molecule has 1 heterocycles. The molecule has 1 saturated heterocycles. The molecule has 0 radical (unpaired) electrons. The highest BCUT2D eigenvalue weighted by atomic mass is 35.5. The van der Waals surface area contributed by atoms with Gasteiger partial charge in [-0.15, -0.1) is 0 Å². The third-order valence-electron chi connectivity index (χ3n) is 4.42. The normalized spacial score (nSPS) is 15.4. The second kappa shape index (κ2) is 8.05. The van der Waals surface area contributed by atoms with Crippen LogP contribution in [0.5, 0.6) is 0 Å². The summed E-state index contributed by atoms with van der Waals surface area (Å²) in [6.45, 7) is 2.42. The van der Waals surface area contributed by atoms with Crippen LogP contribution < -0.4 is 4.90 Å². The van der Waals surface area contributed by atoms with Crippen LogP contribution in [-0.4, -0.2) is 36.9 Å². The van der Waals surface area contributed by atoms with Crippen LogP contribution in [-0.2, 0) is 6.18 Å². The number of piperazine rings is 1. The summed E-state index contributed by atoms with van der Waals surface area (Å²) in [7, 11) is 0. The number of carbonyl (C=O) groups is 1. The number of benzene rings is 2. The predicted molar refractivity (Wildman–Crippen MR) is 100 cm³/mol. The minimum Gasteiger partial charge on any atom is -0.374 e. The van der Waals surface area contributed by atoms with E-state index in [-0.39, 0.29) is 5.78 Å². The first-order valence-electron chi connectivity index (χ1n) is 8.47. The fourth-order valence-electron chi connectivity index (χ4n) is 2.89. The van der Waals surface area contributed by atoms with Gasteiger partial charge in [0, 0.05) is 54.7 Å². The van der Waals surface area contributed by atoms with E-state index in [0.29, 0.717) is 42.5 Å². The van der Waals surface area contributed by atoms with Gasteiger partial charge in [-0.05, 0) is 42.5 Å². The van der Waals surface area contributed by atoms with Crippen molar-refractivity contribution in [3.8, 4) is 0 Å². The van der Waals surface area contributed by atoms with E-state index in [1.165, 1.54) is 18.2 Å². The third kappa shape index (κ3) is 5.04. The maximum Gasteiger partial charge on any atom is 0.416 e. The number of halogens is 4. The molecule has 1 fully saturated rings. The number of allylic oxidation sites excluding steroid dienone is 1. The first-order chi connectivity index (χ1) is 12.8. The van der Waals surface area contributed by atoms with Crippen LogP contribution in [0.25, 0.3) is 0 Å². The quantitative estimate of drug-likeness (QED) is 0.545. The molecule has 27 heavy (non-hydrogen) atoms. The Kier molecular flexibility index (Phi) is 5.75. The molecule has 0 atom stereocenters. The lowest BCUT2D eigenvalue weighted by atomic mass is 10.1. The van der Waals surface area contributed by atoms with Crippen LogP contribution in [0.15, 0.2) is 60.8 Å².